The summed E-state index contributed by atoms with van der Waals surface area (Å²) in [4.78, 5) is 38.4. The highest BCUT2D eigenvalue weighted by molar-refractivity contribution is 7.18. The number of esters is 1. The zero-order valence-corrected chi connectivity index (χ0v) is 19.4. The third-order valence-electron chi connectivity index (χ3n) is 5.75. The summed E-state index contributed by atoms with van der Waals surface area (Å²) in [5, 5.41) is 3.43. The van der Waals surface area contributed by atoms with Gasteiger partial charge in [-0.1, -0.05) is 31.4 Å². The van der Waals surface area contributed by atoms with Gasteiger partial charge in [-0.25, -0.2) is 4.98 Å². The maximum Gasteiger partial charge on any atom is 0.313 e. The van der Waals surface area contributed by atoms with Crippen LogP contribution < -0.4 is 14.8 Å². The number of carbonyl (C=O) groups excluding carboxylic acids is 2. The van der Waals surface area contributed by atoms with Gasteiger partial charge in [-0.05, 0) is 25.0 Å². The third-order valence-corrected chi connectivity index (χ3v) is 6.79. The topological polar surface area (TPSA) is 113 Å². The van der Waals surface area contributed by atoms with Crippen LogP contribution in [0.25, 0.3) is 10.2 Å². The van der Waals surface area contributed by atoms with Crippen molar-refractivity contribution in [3.05, 3.63) is 35.3 Å². The van der Waals surface area contributed by atoms with Crippen LogP contribution in [0.3, 0.4) is 0 Å². The molecule has 1 aliphatic carbocycles. The van der Waals surface area contributed by atoms with Crippen LogP contribution in [-0.2, 0) is 20.7 Å². The average Bonchev–Trinajstić information content (AvgIpc) is 3.24. The van der Waals surface area contributed by atoms with E-state index in [4.69, 9.17) is 19.2 Å². The molecule has 1 amide bonds. The molecule has 2 heterocycles. The van der Waals surface area contributed by atoms with E-state index in [9.17, 15) is 9.59 Å². The largest absolute Gasteiger partial charge is 0.481 e. The van der Waals surface area contributed by atoms with Gasteiger partial charge in [0, 0.05) is 6.42 Å². The SMILES string of the molecule is COc1cc(OC)nc(NC(=O)COC(=O)C2(Cc3nc4ccccc4s3)CCCCC2)n1. The Morgan fingerprint density at radius 2 is 1.73 bits per heavy atom. The molecule has 1 saturated carbocycles. The lowest BCUT2D eigenvalue weighted by molar-refractivity contribution is -0.160. The standard InChI is InChI=1S/C23H26N4O5S/c1-30-18-12-19(31-2)27-22(26-18)25-17(28)14-32-21(29)23(10-6-3-7-11-23)13-20-24-15-8-4-5-9-16(15)33-20/h4-5,8-9,12H,3,6-7,10-11,13-14H2,1-2H3,(H,25,26,27,28). The Kier molecular flexibility index (Phi) is 7.02. The number of benzene rings is 1. The quantitative estimate of drug-likeness (QED) is 0.495. The minimum Gasteiger partial charge on any atom is -0.481 e. The number of amides is 1. The van der Waals surface area contributed by atoms with Crippen LogP contribution in [0.2, 0.25) is 0 Å². The van der Waals surface area contributed by atoms with Crippen molar-refractivity contribution in [1.82, 2.24) is 15.0 Å². The number of fused-ring (bicyclic) bond motifs is 1. The highest BCUT2D eigenvalue weighted by atomic mass is 32.1. The van der Waals surface area contributed by atoms with Crippen molar-refractivity contribution in [2.75, 3.05) is 26.1 Å². The summed E-state index contributed by atoms with van der Waals surface area (Å²) >= 11 is 1.60. The van der Waals surface area contributed by atoms with Crippen molar-refractivity contribution in [1.29, 1.82) is 0 Å². The second-order valence-electron chi connectivity index (χ2n) is 7.99. The molecular formula is C23H26N4O5S. The van der Waals surface area contributed by atoms with Crippen LogP contribution in [0.15, 0.2) is 30.3 Å². The van der Waals surface area contributed by atoms with Crippen molar-refractivity contribution in [2.45, 2.75) is 38.5 Å². The molecule has 2 aromatic heterocycles. The number of ether oxygens (including phenoxy) is 3. The number of methoxy groups -OCH3 is 2. The number of nitrogens with one attached hydrogen (secondary N) is 1. The number of aromatic nitrogens is 3. The fourth-order valence-corrected chi connectivity index (χ4v) is 5.19. The molecule has 0 bridgehead atoms. The Morgan fingerprint density at radius 3 is 2.39 bits per heavy atom. The predicted octanol–water partition coefficient (Wildman–Crippen LogP) is 3.78. The number of thiazole rings is 1. The summed E-state index contributed by atoms with van der Waals surface area (Å²) in [7, 11) is 2.90. The summed E-state index contributed by atoms with van der Waals surface area (Å²) < 4.78 is 16.7. The lowest BCUT2D eigenvalue weighted by atomic mass is 9.72. The first-order valence-corrected chi connectivity index (χ1v) is 11.6. The molecule has 0 unspecified atom stereocenters. The third kappa shape index (κ3) is 5.39. The van der Waals surface area contributed by atoms with E-state index in [1.807, 2.05) is 24.3 Å². The van der Waals surface area contributed by atoms with E-state index in [0.717, 1.165) is 47.3 Å². The number of para-hydroxylation sites is 1. The summed E-state index contributed by atoms with van der Waals surface area (Å²) in [6.45, 7) is -0.427. The van der Waals surface area contributed by atoms with Gasteiger partial charge in [0.05, 0.1) is 40.9 Å². The van der Waals surface area contributed by atoms with Gasteiger partial charge < -0.3 is 14.2 Å². The van der Waals surface area contributed by atoms with Gasteiger partial charge in [-0.2, -0.15) is 9.97 Å². The van der Waals surface area contributed by atoms with E-state index in [0.29, 0.717) is 6.42 Å². The molecule has 33 heavy (non-hydrogen) atoms. The summed E-state index contributed by atoms with van der Waals surface area (Å²) in [5.41, 5.74) is 0.271. The smallest absolute Gasteiger partial charge is 0.313 e. The lowest BCUT2D eigenvalue weighted by Crippen LogP contribution is -2.38. The van der Waals surface area contributed by atoms with Gasteiger partial charge in [0.15, 0.2) is 6.61 Å². The van der Waals surface area contributed by atoms with E-state index in [1.54, 1.807) is 11.3 Å². The second-order valence-corrected chi connectivity index (χ2v) is 9.11. The van der Waals surface area contributed by atoms with E-state index in [2.05, 4.69) is 15.3 Å². The lowest BCUT2D eigenvalue weighted by Gasteiger charge is -2.34. The van der Waals surface area contributed by atoms with Crippen molar-refractivity contribution in [3.8, 4) is 11.8 Å². The maximum atomic E-state index is 13.2. The van der Waals surface area contributed by atoms with Crippen molar-refractivity contribution < 1.29 is 23.8 Å². The number of rotatable bonds is 8. The summed E-state index contributed by atoms with van der Waals surface area (Å²) in [6.07, 6.45) is 4.94. The molecular weight excluding hydrogens is 444 g/mol. The van der Waals surface area contributed by atoms with Gasteiger partial charge in [-0.15, -0.1) is 11.3 Å². The monoisotopic (exact) mass is 470 g/mol. The number of anilines is 1. The Balaban J connectivity index is 1.42. The number of carbonyl (C=O) groups is 2. The number of nitrogens with zero attached hydrogens (tertiary/aromatic N) is 3. The molecule has 9 nitrogen and oxygen atoms in total. The summed E-state index contributed by atoms with van der Waals surface area (Å²) in [5.74, 6) is -0.406. The molecule has 3 aromatic rings. The first kappa shape index (κ1) is 22.9. The van der Waals surface area contributed by atoms with Crippen molar-refractivity contribution in [2.24, 2.45) is 5.41 Å². The molecule has 0 saturated heterocycles. The van der Waals surface area contributed by atoms with Crippen molar-refractivity contribution in [3.63, 3.8) is 0 Å². The van der Waals surface area contributed by atoms with E-state index in [1.165, 1.54) is 20.3 Å². The van der Waals surface area contributed by atoms with Crippen LogP contribution in [-0.4, -0.2) is 47.7 Å². The predicted molar refractivity (Wildman–Crippen MR) is 124 cm³/mol. The van der Waals surface area contributed by atoms with Crippen LogP contribution in [0, 0.1) is 5.41 Å². The van der Waals surface area contributed by atoms with Gasteiger partial charge in [0.25, 0.3) is 5.91 Å². The van der Waals surface area contributed by atoms with Crippen molar-refractivity contribution >= 4 is 39.4 Å². The fraction of sp³-hybridized carbons (Fsp3) is 0.435. The molecule has 1 N–H and O–H groups in total. The minimum absolute atomic E-state index is 0.00843. The minimum atomic E-state index is -0.665. The Labute approximate surface area is 195 Å². The zero-order valence-electron chi connectivity index (χ0n) is 18.6. The van der Waals surface area contributed by atoms with Gasteiger partial charge >= 0.3 is 5.97 Å². The first-order chi connectivity index (χ1) is 16.0. The molecule has 0 aliphatic heterocycles. The highest BCUT2D eigenvalue weighted by Gasteiger charge is 2.42. The highest BCUT2D eigenvalue weighted by Crippen LogP contribution is 2.41. The van der Waals surface area contributed by atoms with Crippen LogP contribution >= 0.6 is 11.3 Å². The molecule has 0 spiro atoms. The molecule has 0 radical (unpaired) electrons. The molecule has 10 heteroatoms. The fourth-order valence-electron chi connectivity index (χ4n) is 4.08. The zero-order chi connectivity index (χ0) is 23.3. The number of hydrogen-bond donors (Lipinski definition) is 1. The Bertz CT molecular complexity index is 1090. The van der Waals surface area contributed by atoms with Gasteiger partial charge in [0.2, 0.25) is 17.7 Å². The molecule has 174 valence electrons. The molecule has 1 aromatic carbocycles. The van der Waals surface area contributed by atoms with Crippen LogP contribution in [0.1, 0.15) is 37.1 Å². The van der Waals surface area contributed by atoms with Gasteiger partial charge in [0.1, 0.15) is 0 Å². The van der Waals surface area contributed by atoms with E-state index in [-0.39, 0.29) is 23.7 Å². The molecule has 1 fully saturated rings. The van der Waals surface area contributed by atoms with Gasteiger partial charge in [-0.3, -0.25) is 14.9 Å². The molecule has 4 rings (SSSR count). The second kappa shape index (κ2) is 10.1. The number of hydrogen-bond acceptors (Lipinski definition) is 9. The normalized spacial score (nSPS) is 15.1. The van der Waals surface area contributed by atoms with E-state index >= 15 is 0 Å². The maximum absolute atomic E-state index is 13.2. The molecule has 1 aliphatic rings. The van der Waals surface area contributed by atoms with Crippen LogP contribution in [0.5, 0.6) is 11.8 Å². The van der Waals surface area contributed by atoms with E-state index < -0.39 is 17.9 Å². The molecule has 0 atom stereocenters. The van der Waals surface area contributed by atoms with Crippen LogP contribution in [0.4, 0.5) is 5.95 Å². The average molecular weight is 471 g/mol. The summed E-state index contributed by atoms with van der Waals surface area (Å²) in [6, 6.07) is 9.43. The first-order valence-electron chi connectivity index (χ1n) is 10.8. The Hall–Kier alpha value is -3.27. The Morgan fingerprint density at radius 1 is 1.03 bits per heavy atom.